The van der Waals surface area contributed by atoms with E-state index >= 15 is 0 Å². The summed E-state index contributed by atoms with van der Waals surface area (Å²) in [7, 11) is 1.70. The van der Waals surface area contributed by atoms with E-state index in [1.165, 1.54) is 17.7 Å². The lowest BCUT2D eigenvalue weighted by atomic mass is 10.2. The van der Waals surface area contributed by atoms with Gasteiger partial charge in [-0.25, -0.2) is 4.79 Å². The standard InChI is InChI=1S/C15H17N7O2/c1-22(8-10-7-11(19-18-10)9-4-5-9)15(23)17-14-16-13(20-21-14)12-3-2-6-24-12/h2-3,6-7,9H,4-5,8H2,1H3,(H,18,19)(H2,16,17,20,21,23). The van der Waals surface area contributed by atoms with Gasteiger partial charge >= 0.3 is 6.03 Å². The fourth-order valence-electron chi connectivity index (χ4n) is 2.41. The molecule has 24 heavy (non-hydrogen) atoms. The zero-order valence-corrected chi connectivity index (χ0v) is 13.1. The summed E-state index contributed by atoms with van der Waals surface area (Å²) in [5.41, 5.74) is 1.98. The fourth-order valence-corrected chi connectivity index (χ4v) is 2.41. The molecule has 1 aliphatic rings. The van der Waals surface area contributed by atoms with Gasteiger partial charge in [-0.15, -0.1) is 5.10 Å². The number of hydrogen-bond donors (Lipinski definition) is 3. The van der Waals surface area contributed by atoms with Crippen molar-refractivity contribution >= 4 is 12.0 Å². The first kappa shape index (κ1) is 14.5. The molecule has 1 fully saturated rings. The minimum Gasteiger partial charge on any atom is -0.461 e. The molecule has 124 valence electrons. The van der Waals surface area contributed by atoms with Gasteiger partial charge in [0.2, 0.25) is 0 Å². The molecular weight excluding hydrogens is 310 g/mol. The number of hydrogen-bond acceptors (Lipinski definition) is 5. The molecule has 9 nitrogen and oxygen atoms in total. The summed E-state index contributed by atoms with van der Waals surface area (Å²) in [5, 5.41) is 16.6. The average Bonchev–Trinajstić information content (AvgIpc) is 2.99. The van der Waals surface area contributed by atoms with E-state index in [0.29, 0.717) is 24.0 Å². The highest BCUT2D eigenvalue weighted by molar-refractivity contribution is 5.87. The Hall–Kier alpha value is -3.10. The SMILES string of the molecule is CN(Cc1cc(C2CC2)n[nH]1)C(=O)Nc1n[nH]c(-c2ccco2)n1. The van der Waals surface area contributed by atoms with E-state index in [1.807, 2.05) is 6.07 Å². The largest absolute Gasteiger partial charge is 0.461 e. The average molecular weight is 327 g/mol. The third-order valence-corrected chi connectivity index (χ3v) is 3.86. The number of aromatic amines is 2. The zero-order valence-electron chi connectivity index (χ0n) is 13.1. The van der Waals surface area contributed by atoms with Gasteiger partial charge in [-0.3, -0.25) is 15.5 Å². The van der Waals surface area contributed by atoms with Crippen molar-refractivity contribution in [1.29, 1.82) is 0 Å². The number of anilines is 1. The van der Waals surface area contributed by atoms with Crippen molar-refractivity contribution in [3.05, 3.63) is 35.9 Å². The number of carbonyl (C=O) groups is 1. The van der Waals surface area contributed by atoms with Crippen LogP contribution in [0, 0.1) is 0 Å². The van der Waals surface area contributed by atoms with Gasteiger partial charge in [0.1, 0.15) is 0 Å². The number of urea groups is 1. The van der Waals surface area contributed by atoms with Gasteiger partial charge in [-0.05, 0) is 31.0 Å². The minimum atomic E-state index is -0.303. The lowest BCUT2D eigenvalue weighted by Gasteiger charge is -2.15. The number of rotatable bonds is 5. The third kappa shape index (κ3) is 3.00. The van der Waals surface area contributed by atoms with Gasteiger partial charge in [-0.1, -0.05) is 0 Å². The molecule has 0 saturated heterocycles. The maximum Gasteiger partial charge on any atom is 0.324 e. The minimum absolute atomic E-state index is 0.196. The predicted octanol–water partition coefficient (Wildman–Crippen LogP) is 2.33. The molecule has 4 rings (SSSR count). The molecule has 3 heterocycles. The van der Waals surface area contributed by atoms with E-state index < -0.39 is 0 Å². The van der Waals surface area contributed by atoms with Gasteiger partial charge in [-0.2, -0.15) is 10.1 Å². The summed E-state index contributed by atoms with van der Waals surface area (Å²) in [4.78, 5) is 17.9. The Kier molecular flexibility index (Phi) is 3.52. The van der Waals surface area contributed by atoms with E-state index in [0.717, 1.165) is 11.4 Å². The van der Waals surface area contributed by atoms with Crippen LogP contribution in [0.5, 0.6) is 0 Å². The van der Waals surface area contributed by atoms with Crippen LogP contribution in [0.2, 0.25) is 0 Å². The number of furan rings is 1. The van der Waals surface area contributed by atoms with Crippen LogP contribution < -0.4 is 5.32 Å². The number of nitrogens with one attached hydrogen (secondary N) is 3. The predicted molar refractivity (Wildman–Crippen MR) is 85.1 cm³/mol. The number of carbonyl (C=O) groups excluding carboxylic acids is 1. The summed E-state index contributed by atoms with van der Waals surface area (Å²) in [6, 6.07) is 5.23. The molecule has 0 aliphatic heterocycles. The molecule has 0 bridgehead atoms. The second kappa shape index (κ2) is 5.84. The summed E-state index contributed by atoms with van der Waals surface area (Å²) < 4.78 is 5.22. The topological polar surface area (TPSA) is 116 Å². The first-order valence-corrected chi connectivity index (χ1v) is 7.71. The van der Waals surface area contributed by atoms with Crippen molar-refractivity contribution in [3.8, 4) is 11.6 Å². The molecule has 1 saturated carbocycles. The van der Waals surface area contributed by atoms with E-state index in [-0.39, 0.29) is 12.0 Å². The highest BCUT2D eigenvalue weighted by Crippen LogP contribution is 2.39. The number of nitrogens with zero attached hydrogens (tertiary/aromatic N) is 4. The van der Waals surface area contributed by atoms with Crippen molar-refractivity contribution in [3.63, 3.8) is 0 Å². The molecule has 0 atom stereocenters. The molecule has 2 amide bonds. The Bertz CT molecular complexity index is 832. The normalized spacial score (nSPS) is 13.9. The Morgan fingerprint density at radius 1 is 1.42 bits per heavy atom. The Labute approximate surface area is 137 Å². The molecule has 0 unspecified atom stereocenters. The molecule has 0 aromatic carbocycles. The van der Waals surface area contributed by atoms with E-state index in [1.54, 1.807) is 25.4 Å². The van der Waals surface area contributed by atoms with E-state index in [9.17, 15) is 4.79 Å². The number of amides is 2. The highest BCUT2D eigenvalue weighted by Gasteiger charge is 2.26. The Morgan fingerprint density at radius 3 is 3.04 bits per heavy atom. The second-order valence-corrected chi connectivity index (χ2v) is 5.86. The van der Waals surface area contributed by atoms with Crippen molar-refractivity contribution in [1.82, 2.24) is 30.3 Å². The molecule has 3 aromatic rings. The van der Waals surface area contributed by atoms with Gasteiger partial charge in [0.25, 0.3) is 5.95 Å². The molecule has 9 heteroatoms. The van der Waals surface area contributed by atoms with E-state index in [4.69, 9.17) is 4.42 Å². The Balaban J connectivity index is 1.36. The highest BCUT2D eigenvalue weighted by atomic mass is 16.3. The lowest BCUT2D eigenvalue weighted by Crippen LogP contribution is -2.31. The van der Waals surface area contributed by atoms with Crippen LogP contribution >= 0.6 is 0 Å². The van der Waals surface area contributed by atoms with Crippen molar-refractivity contribution in [2.75, 3.05) is 12.4 Å². The molecule has 0 radical (unpaired) electrons. The monoisotopic (exact) mass is 327 g/mol. The Morgan fingerprint density at radius 2 is 2.29 bits per heavy atom. The van der Waals surface area contributed by atoms with Crippen LogP contribution in [0.25, 0.3) is 11.6 Å². The quantitative estimate of drug-likeness (QED) is 0.665. The maximum atomic E-state index is 12.2. The van der Waals surface area contributed by atoms with E-state index in [2.05, 4.69) is 30.7 Å². The number of aromatic nitrogens is 5. The van der Waals surface area contributed by atoms with Crippen LogP contribution in [0.15, 0.2) is 28.9 Å². The molecule has 3 N–H and O–H groups in total. The first-order chi connectivity index (χ1) is 11.7. The zero-order chi connectivity index (χ0) is 16.5. The summed E-state index contributed by atoms with van der Waals surface area (Å²) in [5.74, 6) is 1.80. The third-order valence-electron chi connectivity index (χ3n) is 3.86. The lowest BCUT2D eigenvalue weighted by molar-refractivity contribution is 0.220. The van der Waals surface area contributed by atoms with Crippen LogP contribution in [-0.2, 0) is 6.54 Å². The van der Waals surface area contributed by atoms with Crippen LogP contribution in [0.3, 0.4) is 0 Å². The summed E-state index contributed by atoms with van der Waals surface area (Å²) in [6.45, 7) is 0.432. The number of H-pyrrole nitrogens is 2. The maximum absolute atomic E-state index is 12.2. The molecule has 0 spiro atoms. The van der Waals surface area contributed by atoms with Crippen molar-refractivity contribution in [2.45, 2.75) is 25.3 Å². The molecular formula is C15H17N7O2. The van der Waals surface area contributed by atoms with Crippen LogP contribution in [0.1, 0.15) is 30.1 Å². The summed E-state index contributed by atoms with van der Waals surface area (Å²) in [6.07, 6.45) is 3.94. The molecule has 1 aliphatic carbocycles. The second-order valence-electron chi connectivity index (χ2n) is 5.86. The molecule has 3 aromatic heterocycles. The van der Waals surface area contributed by atoms with Crippen LogP contribution in [-0.4, -0.2) is 43.4 Å². The van der Waals surface area contributed by atoms with Crippen molar-refractivity contribution in [2.24, 2.45) is 0 Å². The fraction of sp³-hybridized carbons (Fsp3) is 0.333. The van der Waals surface area contributed by atoms with Gasteiger partial charge < -0.3 is 9.32 Å². The smallest absolute Gasteiger partial charge is 0.324 e. The summed E-state index contributed by atoms with van der Waals surface area (Å²) >= 11 is 0. The van der Waals surface area contributed by atoms with Crippen molar-refractivity contribution < 1.29 is 9.21 Å². The first-order valence-electron chi connectivity index (χ1n) is 7.71. The van der Waals surface area contributed by atoms with Gasteiger partial charge in [0, 0.05) is 13.0 Å². The van der Waals surface area contributed by atoms with Gasteiger partial charge in [0.05, 0.1) is 24.2 Å². The van der Waals surface area contributed by atoms with Crippen LogP contribution in [0.4, 0.5) is 10.7 Å². The van der Waals surface area contributed by atoms with Gasteiger partial charge in [0.15, 0.2) is 11.6 Å².